The number of halogens is 2. The van der Waals surface area contributed by atoms with Crippen molar-refractivity contribution in [3.05, 3.63) is 51.3 Å². The van der Waals surface area contributed by atoms with E-state index in [4.69, 9.17) is 21.7 Å². The summed E-state index contributed by atoms with van der Waals surface area (Å²) in [5.74, 6) is -0.300. The molecule has 2 aromatic rings. The molecule has 24 heavy (non-hydrogen) atoms. The zero-order chi connectivity index (χ0) is 17.7. The molecule has 2 aromatic carbocycles. The fraction of sp³-hybridized carbons (Fsp3) is 0.125. The fourth-order valence-electron chi connectivity index (χ4n) is 1.99. The SMILES string of the molecule is COc1cccc(OC)c1C(=O)NC(=S)Nc1ccc(I)cc1F. The molecule has 0 aromatic heterocycles. The van der Waals surface area contributed by atoms with E-state index in [1.807, 2.05) is 22.6 Å². The zero-order valence-corrected chi connectivity index (χ0v) is 15.8. The summed E-state index contributed by atoms with van der Waals surface area (Å²) in [5, 5.41) is 5.11. The smallest absolute Gasteiger partial charge is 0.264 e. The van der Waals surface area contributed by atoms with Gasteiger partial charge in [-0.05, 0) is 65.1 Å². The van der Waals surface area contributed by atoms with Gasteiger partial charge in [0.25, 0.3) is 5.91 Å². The normalized spacial score (nSPS) is 10.0. The third kappa shape index (κ3) is 4.32. The Hall–Kier alpha value is -1.94. The second-order valence-corrected chi connectivity index (χ2v) is 6.22. The van der Waals surface area contributed by atoms with Crippen LogP contribution in [0.5, 0.6) is 11.5 Å². The summed E-state index contributed by atoms with van der Waals surface area (Å²) in [6, 6.07) is 9.58. The summed E-state index contributed by atoms with van der Waals surface area (Å²) in [7, 11) is 2.90. The van der Waals surface area contributed by atoms with Crippen molar-refractivity contribution in [2.45, 2.75) is 0 Å². The van der Waals surface area contributed by atoms with Crippen LogP contribution in [-0.4, -0.2) is 25.2 Å². The van der Waals surface area contributed by atoms with Gasteiger partial charge in [0.2, 0.25) is 0 Å². The zero-order valence-electron chi connectivity index (χ0n) is 12.9. The van der Waals surface area contributed by atoms with Crippen molar-refractivity contribution in [3.8, 4) is 11.5 Å². The van der Waals surface area contributed by atoms with Crippen LogP contribution in [0.25, 0.3) is 0 Å². The predicted octanol–water partition coefficient (Wildman–Crippen LogP) is 3.57. The molecule has 0 saturated carbocycles. The summed E-state index contributed by atoms with van der Waals surface area (Å²) >= 11 is 7.07. The van der Waals surface area contributed by atoms with Crippen LogP contribution in [0.15, 0.2) is 36.4 Å². The highest BCUT2D eigenvalue weighted by Crippen LogP contribution is 2.28. The fourth-order valence-corrected chi connectivity index (χ4v) is 2.64. The Bertz CT molecular complexity index is 764. The molecular weight excluding hydrogens is 446 g/mol. The quantitative estimate of drug-likeness (QED) is 0.540. The lowest BCUT2D eigenvalue weighted by atomic mass is 10.1. The standard InChI is InChI=1S/C16H14FIN2O3S/c1-22-12-4-3-5-13(23-2)14(12)15(21)20-16(24)19-11-7-6-9(18)8-10(11)17/h3-8H,1-2H3,(H2,19,20,21,24). The first-order chi connectivity index (χ1) is 11.5. The third-order valence-electron chi connectivity index (χ3n) is 3.06. The van der Waals surface area contributed by atoms with Crippen LogP contribution in [0.1, 0.15) is 10.4 Å². The Morgan fingerprint density at radius 1 is 1.17 bits per heavy atom. The molecule has 2 N–H and O–H groups in total. The largest absolute Gasteiger partial charge is 0.496 e. The van der Waals surface area contributed by atoms with Gasteiger partial charge in [0.05, 0.1) is 19.9 Å². The average molecular weight is 460 g/mol. The summed E-state index contributed by atoms with van der Waals surface area (Å²) < 4.78 is 24.9. The number of carbonyl (C=O) groups is 1. The molecule has 0 heterocycles. The molecule has 0 aliphatic heterocycles. The number of hydrogen-bond donors (Lipinski definition) is 2. The second kappa shape index (κ2) is 8.25. The molecule has 0 aliphatic rings. The summed E-state index contributed by atoms with van der Waals surface area (Å²) in [6.45, 7) is 0. The number of anilines is 1. The van der Waals surface area contributed by atoms with Crippen molar-refractivity contribution in [1.29, 1.82) is 0 Å². The van der Waals surface area contributed by atoms with Crippen molar-refractivity contribution in [2.75, 3.05) is 19.5 Å². The lowest BCUT2D eigenvalue weighted by molar-refractivity contribution is 0.0971. The lowest BCUT2D eigenvalue weighted by Crippen LogP contribution is -2.34. The van der Waals surface area contributed by atoms with Crippen LogP contribution in [-0.2, 0) is 0 Å². The monoisotopic (exact) mass is 460 g/mol. The van der Waals surface area contributed by atoms with Crippen molar-refractivity contribution in [1.82, 2.24) is 5.32 Å². The van der Waals surface area contributed by atoms with Gasteiger partial charge in [-0.1, -0.05) is 6.07 Å². The first-order valence-electron chi connectivity index (χ1n) is 6.74. The first kappa shape index (κ1) is 18.4. The van der Waals surface area contributed by atoms with E-state index in [2.05, 4.69) is 10.6 Å². The summed E-state index contributed by atoms with van der Waals surface area (Å²) in [5.41, 5.74) is 0.377. The Morgan fingerprint density at radius 2 is 1.79 bits per heavy atom. The van der Waals surface area contributed by atoms with Crippen LogP contribution in [0.2, 0.25) is 0 Å². The maximum Gasteiger partial charge on any atom is 0.264 e. The number of nitrogens with one attached hydrogen (secondary N) is 2. The van der Waals surface area contributed by atoms with Gasteiger partial charge in [-0.3, -0.25) is 10.1 Å². The second-order valence-electron chi connectivity index (χ2n) is 4.57. The Balaban J connectivity index is 2.16. The Morgan fingerprint density at radius 3 is 2.33 bits per heavy atom. The predicted molar refractivity (Wildman–Crippen MR) is 102 cm³/mol. The molecule has 0 fully saturated rings. The average Bonchev–Trinajstić information content (AvgIpc) is 2.56. The third-order valence-corrected chi connectivity index (χ3v) is 3.94. The van der Waals surface area contributed by atoms with E-state index in [0.717, 1.165) is 3.57 Å². The van der Waals surface area contributed by atoms with Crippen molar-refractivity contribution in [3.63, 3.8) is 0 Å². The van der Waals surface area contributed by atoms with Gasteiger partial charge in [-0.25, -0.2) is 4.39 Å². The van der Waals surface area contributed by atoms with Crippen LogP contribution >= 0.6 is 34.8 Å². The van der Waals surface area contributed by atoms with Crippen molar-refractivity contribution < 1.29 is 18.7 Å². The maximum absolute atomic E-state index is 13.8. The number of thiocarbonyl (C=S) groups is 1. The molecule has 0 bridgehead atoms. The number of methoxy groups -OCH3 is 2. The molecule has 5 nitrogen and oxygen atoms in total. The molecule has 0 atom stereocenters. The molecule has 0 unspecified atom stereocenters. The first-order valence-corrected chi connectivity index (χ1v) is 8.23. The van der Waals surface area contributed by atoms with Crippen molar-refractivity contribution >= 4 is 51.5 Å². The maximum atomic E-state index is 13.8. The van der Waals surface area contributed by atoms with Gasteiger partial charge < -0.3 is 14.8 Å². The van der Waals surface area contributed by atoms with Gasteiger partial charge in [-0.15, -0.1) is 0 Å². The van der Waals surface area contributed by atoms with Crippen LogP contribution in [0.4, 0.5) is 10.1 Å². The topological polar surface area (TPSA) is 59.6 Å². The molecule has 1 amide bonds. The lowest BCUT2D eigenvalue weighted by Gasteiger charge is -2.14. The summed E-state index contributed by atoms with van der Waals surface area (Å²) in [6.07, 6.45) is 0. The van der Waals surface area contributed by atoms with E-state index in [1.165, 1.54) is 20.3 Å². The minimum Gasteiger partial charge on any atom is -0.496 e. The van der Waals surface area contributed by atoms with E-state index < -0.39 is 11.7 Å². The van der Waals surface area contributed by atoms with Crippen molar-refractivity contribution in [2.24, 2.45) is 0 Å². The van der Waals surface area contributed by atoms with Crippen LogP contribution in [0.3, 0.4) is 0 Å². The van der Waals surface area contributed by atoms with Gasteiger partial charge >= 0.3 is 0 Å². The van der Waals surface area contributed by atoms with Crippen LogP contribution in [0, 0.1) is 9.39 Å². The minimum absolute atomic E-state index is 0.0342. The van der Waals surface area contributed by atoms with Gasteiger partial charge in [0.1, 0.15) is 22.9 Å². The number of benzene rings is 2. The molecule has 126 valence electrons. The minimum atomic E-state index is -0.521. The molecule has 8 heteroatoms. The Kier molecular flexibility index (Phi) is 6.32. The number of rotatable bonds is 4. The van der Waals surface area contributed by atoms with E-state index in [-0.39, 0.29) is 16.4 Å². The van der Waals surface area contributed by atoms with E-state index in [9.17, 15) is 9.18 Å². The van der Waals surface area contributed by atoms with Crippen LogP contribution < -0.4 is 20.1 Å². The highest BCUT2D eigenvalue weighted by Gasteiger charge is 2.19. The molecule has 0 spiro atoms. The van der Waals surface area contributed by atoms with E-state index in [0.29, 0.717) is 11.5 Å². The van der Waals surface area contributed by atoms with Gasteiger partial charge in [-0.2, -0.15) is 0 Å². The summed E-state index contributed by atoms with van der Waals surface area (Å²) in [4.78, 5) is 12.5. The molecule has 0 saturated heterocycles. The molecule has 2 rings (SSSR count). The highest BCUT2D eigenvalue weighted by atomic mass is 127. The number of hydrogen-bond acceptors (Lipinski definition) is 4. The number of amides is 1. The molecule has 0 radical (unpaired) electrons. The number of carbonyl (C=O) groups excluding carboxylic acids is 1. The van der Waals surface area contributed by atoms with E-state index in [1.54, 1.807) is 30.3 Å². The van der Waals surface area contributed by atoms with Gasteiger partial charge in [0.15, 0.2) is 5.11 Å². The Labute approximate surface area is 157 Å². The molecule has 0 aliphatic carbocycles. The molecular formula is C16H14FIN2O3S. The van der Waals surface area contributed by atoms with E-state index >= 15 is 0 Å². The number of ether oxygens (including phenoxy) is 2. The highest BCUT2D eigenvalue weighted by molar-refractivity contribution is 14.1. The van der Waals surface area contributed by atoms with Gasteiger partial charge in [0, 0.05) is 3.57 Å².